The van der Waals surface area contributed by atoms with Crippen LogP contribution >= 0.6 is 0 Å². The number of rotatable bonds is 22. The maximum absolute atomic E-state index is 14.4. The van der Waals surface area contributed by atoms with Gasteiger partial charge in [0.2, 0.25) is 0 Å². The summed E-state index contributed by atoms with van der Waals surface area (Å²) in [6.45, 7) is 2.88. The van der Waals surface area contributed by atoms with E-state index in [0.29, 0.717) is 30.1 Å². The third-order valence-corrected chi connectivity index (χ3v) is 12.1. The number of para-hydroxylation sites is 1. The minimum atomic E-state index is -4.67. The summed E-state index contributed by atoms with van der Waals surface area (Å²) in [6.07, 6.45) is 2.48. The van der Waals surface area contributed by atoms with Crippen LogP contribution in [0.4, 0.5) is 5.69 Å². The molecule has 0 heterocycles. The van der Waals surface area contributed by atoms with Crippen LogP contribution in [0.1, 0.15) is 61.6 Å². The molecule has 0 saturated heterocycles. The van der Waals surface area contributed by atoms with Crippen molar-refractivity contribution in [3.8, 4) is 0 Å². The first-order chi connectivity index (χ1) is 24.6. The summed E-state index contributed by atoms with van der Waals surface area (Å²) < 4.78 is 49.3. The van der Waals surface area contributed by atoms with Crippen LogP contribution < -0.4 is 0 Å². The monoisotopic (exact) mass is 736 g/mol. The third kappa shape index (κ3) is 12.2. The van der Waals surface area contributed by atoms with Gasteiger partial charge in [-0.15, -0.1) is 0 Å². The van der Waals surface area contributed by atoms with Crippen LogP contribution in [-0.2, 0) is 38.7 Å². The Labute approximate surface area is 303 Å². The van der Waals surface area contributed by atoms with Gasteiger partial charge >= 0.3 is 0 Å². The molecule has 12 heteroatoms. The largest absolute Gasteiger partial charge is 0.390 e. The summed E-state index contributed by atoms with van der Waals surface area (Å²) in [5.41, 5.74) is 2.03. The normalized spacial score (nSPS) is 14.2. The van der Waals surface area contributed by atoms with Crippen molar-refractivity contribution in [2.45, 2.75) is 93.1 Å². The molecule has 0 aliphatic rings. The van der Waals surface area contributed by atoms with Crippen molar-refractivity contribution in [2.75, 3.05) is 12.4 Å². The molecule has 0 spiro atoms. The first-order valence-electron chi connectivity index (χ1n) is 17.3. The van der Waals surface area contributed by atoms with Gasteiger partial charge in [-0.05, 0) is 49.1 Å². The van der Waals surface area contributed by atoms with Crippen molar-refractivity contribution >= 4 is 26.5 Å². The van der Waals surface area contributed by atoms with Crippen LogP contribution in [0.2, 0.25) is 0 Å². The zero-order valence-electron chi connectivity index (χ0n) is 29.0. The van der Waals surface area contributed by atoms with Gasteiger partial charge in [0, 0.05) is 29.9 Å². The molecule has 0 radical (unpaired) electrons. The molecule has 51 heavy (non-hydrogen) atoms. The Morgan fingerprint density at radius 1 is 0.784 bits per heavy atom. The fourth-order valence-corrected chi connectivity index (χ4v) is 9.04. The topological polar surface area (TPSA) is 147 Å². The second kappa shape index (κ2) is 20.3. The number of aryl methyl sites for hydroxylation is 1. The lowest BCUT2D eigenvalue weighted by molar-refractivity contribution is -0.387. The van der Waals surface area contributed by atoms with E-state index in [1.807, 2.05) is 37.3 Å². The van der Waals surface area contributed by atoms with E-state index in [4.69, 9.17) is 4.74 Å². The summed E-state index contributed by atoms with van der Waals surface area (Å²) in [4.78, 5) is 11.1. The van der Waals surface area contributed by atoms with Crippen LogP contribution in [0.15, 0.2) is 119 Å². The molecule has 0 bridgehead atoms. The van der Waals surface area contributed by atoms with Gasteiger partial charge in [0.1, 0.15) is 0 Å². The Kier molecular flexibility index (Phi) is 15.9. The molecule has 10 nitrogen and oxygen atoms in total. The first kappa shape index (κ1) is 40.0. The average Bonchev–Trinajstić information content (AvgIpc) is 3.14. The van der Waals surface area contributed by atoms with E-state index in [1.54, 1.807) is 54.6 Å². The highest BCUT2D eigenvalue weighted by molar-refractivity contribution is 7.89. The van der Waals surface area contributed by atoms with Crippen molar-refractivity contribution in [3.63, 3.8) is 0 Å². The molecule has 0 fully saturated rings. The molecule has 0 amide bonds. The molecule has 0 aromatic heterocycles. The molecular formula is C39H48N2O8S2. The van der Waals surface area contributed by atoms with Crippen LogP contribution in [-0.4, -0.2) is 62.7 Å². The number of hydrogen-bond acceptors (Lipinski definition) is 8. The Morgan fingerprint density at radius 3 is 2.00 bits per heavy atom. The second-order valence-electron chi connectivity index (χ2n) is 12.7. The van der Waals surface area contributed by atoms with Gasteiger partial charge in [-0.25, -0.2) is 8.42 Å². The van der Waals surface area contributed by atoms with Crippen molar-refractivity contribution in [2.24, 2.45) is 0 Å². The number of hydrogen-bond donors (Lipinski definition) is 2. The van der Waals surface area contributed by atoms with Crippen molar-refractivity contribution in [3.05, 3.63) is 136 Å². The molecule has 0 aliphatic heterocycles. The number of benzene rings is 4. The number of aliphatic hydroxyl groups excluding tert-OH is 2. The van der Waals surface area contributed by atoms with E-state index < -0.39 is 54.6 Å². The van der Waals surface area contributed by atoms with Crippen molar-refractivity contribution < 1.29 is 32.5 Å². The molecule has 0 unspecified atom stereocenters. The van der Waals surface area contributed by atoms with Crippen LogP contribution in [0.25, 0.3) is 0 Å². The summed E-state index contributed by atoms with van der Waals surface area (Å²) in [5.74, 6) is -0.347. The number of nitro groups is 1. The maximum atomic E-state index is 14.4. The lowest BCUT2D eigenvalue weighted by atomic mass is 10.00. The summed E-state index contributed by atoms with van der Waals surface area (Å²) in [7, 11) is -6.46. The van der Waals surface area contributed by atoms with Crippen molar-refractivity contribution in [1.29, 1.82) is 0 Å². The Bertz CT molecular complexity index is 1770. The lowest BCUT2D eigenvalue weighted by Crippen LogP contribution is -2.53. The molecule has 4 aromatic carbocycles. The summed E-state index contributed by atoms with van der Waals surface area (Å²) >= 11 is 0. The highest BCUT2D eigenvalue weighted by Gasteiger charge is 2.42. The van der Waals surface area contributed by atoms with E-state index in [1.165, 1.54) is 12.1 Å². The van der Waals surface area contributed by atoms with Crippen LogP contribution in [0.5, 0.6) is 0 Å². The summed E-state index contributed by atoms with van der Waals surface area (Å²) in [5, 5.41) is 35.0. The molecule has 0 saturated carbocycles. The minimum Gasteiger partial charge on any atom is -0.390 e. The Hall–Kier alpha value is -3.78. The Morgan fingerprint density at radius 2 is 1.35 bits per heavy atom. The number of unbranched alkanes of at least 4 members (excludes halogenated alkanes) is 5. The van der Waals surface area contributed by atoms with Crippen molar-refractivity contribution in [1.82, 2.24) is 4.31 Å². The molecule has 4 rings (SSSR count). The SMILES string of the molecule is Cc1ccc([S@](=O)C[C@@H]([C@@H](O)[C@@H](O)CCCCCCCCOCc2ccccc2)N(Cc2ccccc2)S(=O)(=O)c2ccccc2[N+](=O)[O-])cc1. The smallest absolute Gasteiger partial charge is 0.289 e. The van der Waals surface area contributed by atoms with Crippen LogP contribution in [0, 0.1) is 17.0 Å². The van der Waals surface area contributed by atoms with Gasteiger partial charge in [-0.3, -0.25) is 14.3 Å². The standard InChI is InChI=1S/C39H48N2O8S2/c1-31-23-25-34(26-24-31)50(46)30-36(39(43)37(42)21-12-4-2-3-5-15-27-49-29-33-18-10-7-11-19-33)40(28-32-16-8-6-9-17-32)51(47,48)38-22-14-13-20-35(38)41(44)45/h6-11,13-14,16-20,22-26,36-37,39,42-43H,2-5,12,15,21,27-30H2,1H3/t36-,37-,39+,50+/m0/s1. The van der Waals surface area contributed by atoms with E-state index >= 15 is 0 Å². The van der Waals surface area contributed by atoms with Gasteiger partial charge in [0.15, 0.2) is 4.90 Å². The maximum Gasteiger partial charge on any atom is 0.289 e. The summed E-state index contributed by atoms with van der Waals surface area (Å²) in [6, 6.07) is 29.2. The molecular weight excluding hydrogens is 689 g/mol. The zero-order valence-corrected chi connectivity index (χ0v) is 30.6. The fourth-order valence-electron chi connectivity index (χ4n) is 5.85. The number of nitro benzene ring substituents is 1. The van der Waals surface area contributed by atoms with E-state index in [2.05, 4.69) is 0 Å². The number of ether oxygens (including phenoxy) is 1. The van der Waals surface area contributed by atoms with Gasteiger partial charge < -0.3 is 14.9 Å². The first-order valence-corrected chi connectivity index (χ1v) is 20.1. The molecule has 0 aliphatic carbocycles. The van der Waals surface area contributed by atoms with Gasteiger partial charge in [0.05, 0.1) is 40.6 Å². The fraction of sp³-hybridized carbons (Fsp3) is 0.385. The molecule has 2 N–H and O–H groups in total. The van der Waals surface area contributed by atoms with Crippen LogP contribution in [0.3, 0.4) is 0 Å². The average molecular weight is 737 g/mol. The number of nitrogens with zero attached hydrogens (tertiary/aromatic N) is 2. The number of sulfonamides is 1. The van der Waals surface area contributed by atoms with E-state index in [9.17, 15) is 33.0 Å². The van der Waals surface area contributed by atoms with Gasteiger partial charge in [-0.1, -0.05) is 123 Å². The number of aliphatic hydroxyl groups is 2. The molecule has 4 aromatic rings. The zero-order chi connectivity index (χ0) is 36.6. The predicted octanol–water partition coefficient (Wildman–Crippen LogP) is 6.94. The molecule has 274 valence electrons. The predicted molar refractivity (Wildman–Crippen MR) is 199 cm³/mol. The van der Waals surface area contributed by atoms with Gasteiger partial charge in [-0.2, -0.15) is 4.31 Å². The minimum absolute atomic E-state index is 0.194. The van der Waals surface area contributed by atoms with Gasteiger partial charge in [0.25, 0.3) is 15.7 Å². The van der Waals surface area contributed by atoms with E-state index in [0.717, 1.165) is 59.7 Å². The second-order valence-corrected chi connectivity index (χ2v) is 16.0. The highest BCUT2D eigenvalue weighted by atomic mass is 32.2. The highest BCUT2D eigenvalue weighted by Crippen LogP contribution is 2.31. The Balaban J connectivity index is 1.47. The lowest BCUT2D eigenvalue weighted by Gasteiger charge is -2.35. The molecule has 4 atom stereocenters. The van der Waals surface area contributed by atoms with E-state index in [-0.39, 0.29) is 18.7 Å². The quantitative estimate of drug-likeness (QED) is 0.0501. The third-order valence-electron chi connectivity index (χ3n) is 8.74.